The zero-order valence-corrected chi connectivity index (χ0v) is 18.3. The third kappa shape index (κ3) is 4.38. The molecular formula is C22H31N3O5. The van der Waals surface area contributed by atoms with Crippen LogP contribution in [0.3, 0.4) is 0 Å². The number of hydrogen-bond donors (Lipinski definition) is 2. The first-order valence-electron chi connectivity index (χ1n) is 10.4. The number of nitrogens with one attached hydrogen (secondary N) is 2. The van der Waals surface area contributed by atoms with Gasteiger partial charge in [0.05, 0.1) is 38.1 Å². The maximum atomic E-state index is 13.1. The predicted molar refractivity (Wildman–Crippen MR) is 115 cm³/mol. The van der Waals surface area contributed by atoms with Crippen LogP contribution >= 0.6 is 0 Å². The number of benzene rings is 1. The normalized spacial score (nSPS) is 18.1. The highest BCUT2D eigenvalue weighted by molar-refractivity contribution is 6.12. The number of ether oxygens (including phenoxy) is 3. The highest BCUT2D eigenvalue weighted by atomic mass is 16.5. The van der Waals surface area contributed by atoms with Crippen LogP contribution in [-0.2, 0) is 9.53 Å². The quantitative estimate of drug-likeness (QED) is 0.671. The molecule has 2 aromatic rings. The van der Waals surface area contributed by atoms with Crippen molar-refractivity contribution in [3.63, 3.8) is 0 Å². The van der Waals surface area contributed by atoms with Crippen molar-refractivity contribution in [1.29, 1.82) is 0 Å². The number of hydrogen-bond acceptors (Lipinski definition) is 6. The molecule has 3 rings (SSSR count). The van der Waals surface area contributed by atoms with Crippen LogP contribution in [0.15, 0.2) is 12.1 Å². The summed E-state index contributed by atoms with van der Waals surface area (Å²) in [6.45, 7) is 7.85. The first-order valence-corrected chi connectivity index (χ1v) is 10.4. The van der Waals surface area contributed by atoms with Crippen molar-refractivity contribution in [1.82, 2.24) is 9.88 Å². The van der Waals surface area contributed by atoms with Crippen molar-refractivity contribution in [2.24, 2.45) is 5.92 Å². The van der Waals surface area contributed by atoms with E-state index < -0.39 is 5.97 Å². The van der Waals surface area contributed by atoms with Crippen LogP contribution in [0.1, 0.15) is 44.1 Å². The number of anilines is 1. The fraction of sp³-hybridized carbons (Fsp3) is 0.545. The first kappa shape index (κ1) is 22.0. The number of likely N-dealkylation sites (tertiary alicyclic amines) is 1. The molecule has 8 nitrogen and oxygen atoms in total. The molecule has 1 fully saturated rings. The second kappa shape index (κ2) is 9.38. The molecule has 164 valence electrons. The fourth-order valence-electron chi connectivity index (χ4n) is 3.98. The Balaban J connectivity index is 1.98. The summed E-state index contributed by atoms with van der Waals surface area (Å²) < 4.78 is 15.9. The molecule has 8 heteroatoms. The number of carbonyl (C=O) groups is 2. The van der Waals surface area contributed by atoms with Gasteiger partial charge >= 0.3 is 5.97 Å². The number of H-pyrrole nitrogens is 1. The van der Waals surface area contributed by atoms with Gasteiger partial charge in [0.25, 0.3) is 0 Å². The molecule has 0 spiro atoms. The van der Waals surface area contributed by atoms with Gasteiger partial charge in [-0.15, -0.1) is 0 Å². The Kier molecular flexibility index (Phi) is 6.87. The van der Waals surface area contributed by atoms with E-state index in [4.69, 9.17) is 14.2 Å². The molecule has 0 saturated carbocycles. The molecule has 2 N–H and O–H groups in total. The molecule has 1 saturated heterocycles. The maximum Gasteiger partial charge on any atom is 0.356 e. The zero-order valence-electron chi connectivity index (χ0n) is 18.3. The number of amides is 1. The number of esters is 1. The summed E-state index contributed by atoms with van der Waals surface area (Å²) in [6, 6.07) is 3.17. The van der Waals surface area contributed by atoms with E-state index >= 15 is 0 Å². The molecule has 0 aliphatic carbocycles. The van der Waals surface area contributed by atoms with Crippen LogP contribution in [-0.4, -0.2) is 61.7 Å². The van der Waals surface area contributed by atoms with Gasteiger partial charge in [-0.2, -0.15) is 0 Å². The number of piperidine rings is 1. The molecule has 1 aliphatic rings. The number of rotatable bonds is 7. The van der Waals surface area contributed by atoms with Crippen molar-refractivity contribution in [2.45, 2.75) is 39.7 Å². The zero-order chi connectivity index (χ0) is 21.8. The molecular weight excluding hydrogens is 386 g/mol. The van der Waals surface area contributed by atoms with Crippen molar-refractivity contribution < 1.29 is 23.8 Å². The molecule has 0 bridgehead atoms. The van der Waals surface area contributed by atoms with E-state index in [-0.39, 0.29) is 24.2 Å². The molecule has 0 radical (unpaired) electrons. The summed E-state index contributed by atoms with van der Waals surface area (Å²) in [5.41, 5.74) is 1.24. The topological polar surface area (TPSA) is 92.9 Å². The molecule has 1 amide bonds. The summed E-state index contributed by atoms with van der Waals surface area (Å²) >= 11 is 0. The molecule has 2 atom stereocenters. The standard InChI is InChI=1S/C22H31N3O5/c1-6-30-22(27)20-19(15-10-17(28-4)18(29-5)11-16(15)23-20)24-21(26)14(3)25-9-7-8-13(2)12-25/h10-11,13-14,23H,6-9,12H2,1-5H3,(H,24,26)/t13-,14+/m1/s1. The number of methoxy groups -OCH3 is 2. The van der Waals surface area contributed by atoms with Gasteiger partial charge in [0, 0.05) is 18.0 Å². The van der Waals surface area contributed by atoms with Crippen molar-refractivity contribution in [3.8, 4) is 11.5 Å². The number of carbonyl (C=O) groups excluding carboxylic acids is 2. The lowest BCUT2D eigenvalue weighted by Crippen LogP contribution is -2.46. The Morgan fingerprint density at radius 1 is 1.27 bits per heavy atom. The van der Waals surface area contributed by atoms with Gasteiger partial charge in [-0.05, 0) is 45.2 Å². The third-order valence-electron chi connectivity index (χ3n) is 5.65. The Labute approximate surface area is 176 Å². The SMILES string of the molecule is CCOC(=O)c1[nH]c2cc(OC)c(OC)cc2c1NC(=O)[C@H](C)N1CCC[C@@H](C)C1. The fourth-order valence-corrected chi connectivity index (χ4v) is 3.98. The first-order chi connectivity index (χ1) is 14.4. The molecule has 1 aliphatic heterocycles. The van der Waals surface area contributed by atoms with E-state index in [1.807, 2.05) is 6.92 Å². The van der Waals surface area contributed by atoms with E-state index in [2.05, 4.69) is 22.1 Å². The van der Waals surface area contributed by atoms with E-state index in [1.54, 1.807) is 33.3 Å². The van der Waals surface area contributed by atoms with Gasteiger partial charge in [-0.25, -0.2) is 4.79 Å². The summed E-state index contributed by atoms with van der Waals surface area (Å²) in [6.07, 6.45) is 2.26. The van der Waals surface area contributed by atoms with Crippen molar-refractivity contribution in [3.05, 3.63) is 17.8 Å². The van der Waals surface area contributed by atoms with Crippen LogP contribution < -0.4 is 14.8 Å². The second-order valence-electron chi connectivity index (χ2n) is 7.76. The Morgan fingerprint density at radius 2 is 1.97 bits per heavy atom. The smallest absolute Gasteiger partial charge is 0.356 e. The minimum Gasteiger partial charge on any atom is -0.493 e. The highest BCUT2D eigenvalue weighted by Gasteiger charge is 2.28. The summed E-state index contributed by atoms with van der Waals surface area (Å²) in [4.78, 5) is 30.9. The lowest BCUT2D eigenvalue weighted by atomic mass is 9.99. The number of fused-ring (bicyclic) bond motifs is 1. The molecule has 1 aromatic carbocycles. The predicted octanol–water partition coefficient (Wildman–Crippen LogP) is 3.42. The highest BCUT2D eigenvalue weighted by Crippen LogP contribution is 2.37. The van der Waals surface area contributed by atoms with Crippen LogP contribution in [0.25, 0.3) is 10.9 Å². The van der Waals surface area contributed by atoms with E-state index in [0.717, 1.165) is 19.5 Å². The third-order valence-corrected chi connectivity index (χ3v) is 5.65. The minimum absolute atomic E-state index is 0.162. The van der Waals surface area contributed by atoms with Crippen LogP contribution in [0.2, 0.25) is 0 Å². The Hall–Kier alpha value is -2.74. The summed E-state index contributed by atoms with van der Waals surface area (Å²) in [5, 5.41) is 3.62. The molecule has 30 heavy (non-hydrogen) atoms. The van der Waals surface area contributed by atoms with Crippen LogP contribution in [0.4, 0.5) is 5.69 Å². The van der Waals surface area contributed by atoms with E-state index in [9.17, 15) is 9.59 Å². The number of aromatic amines is 1. The van der Waals surface area contributed by atoms with Crippen molar-refractivity contribution in [2.75, 3.05) is 39.2 Å². The number of aromatic nitrogens is 1. The Bertz CT molecular complexity index is 923. The van der Waals surface area contributed by atoms with Crippen LogP contribution in [0, 0.1) is 5.92 Å². The van der Waals surface area contributed by atoms with Gasteiger partial charge in [0.15, 0.2) is 11.5 Å². The lowest BCUT2D eigenvalue weighted by Gasteiger charge is -2.34. The van der Waals surface area contributed by atoms with E-state index in [1.165, 1.54) is 6.42 Å². The summed E-state index contributed by atoms with van der Waals surface area (Å²) in [5.74, 6) is 0.906. The average Bonchev–Trinajstić information content (AvgIpc) is 3.09. The van der Waals surface area contributed by atoms with Gasteiger partial charge in [-0.1, -0.05) is 6.92 Å². The van der Waals surface area contributed by atoms with Gasteiger partial charge < -0.3 is 24.5 Å². The van der Waals surface area contributed by atoms with Gasteiger partial charge in [-0.3, -0.25) is 9.69 Å². The summed E-state index contributed by atoms with van der Waals surface area (Å²) in [7, 11) is 3.09. The average molecular weight is 418 g/mol. The Morgan fingerprint density at radius 3 is 2.60 bits per heavy atom. The van der Waals surface area contributed by atoms with E-state index in [0.29, 0.717) is 34.0 Å². The van der Waals surface area contributed by atoms with Gasteiger partial charge in [0.1, 0.15) is 5.69 Å². The lowest BCUT2D eigenvalue weighted by molar-refractivity contribution is -0.121. The maximum absolute atomic E-state index is 13.1. The molecule has 1 aromatic heterocycles. The van der Waals surface area contributed by atoms with Gasteiger partial charge in [0.2, 0.25) is 5.91 Å². The largest absolute Gasteiger partial charge is 0.493 e. The monoisotopic (exact) mass is 417 g/mol. The second-order valence-corrected chi connectivity index (χ2v) is 7.76. The molecule has 2 heterocycles. The minimum atomic E-state index is -0.527. The number of nitrogens with zero attached hydrogens (tertiary/aromatic N) is 1. The van der Waals surface area contributed by atoms with Crippen LogP contribution in [0.5, 0.6) is 11.5 Å². The molecule has 0 unspecified atom stereocenters. The van der Waals surface area contributed by atoms with Crippen molar-refractivity contribution >= 4 is 28.5 Å².